The molecule has 0 radical (unpaired) electrons. The minimum atomic E-state index is -0.724. The Morgan fingerprint density at radius 1 is 1.22 bits per heavy atom. The van der Waals surface area contributed by atoms with E-state index in [1.807, 2.05) is 17.0 Å². The van der Waals surface area contributed by atoms with Crippen LogP contribution in [0, 0.1) is 0 Å². The van der Waals surface area contributed by atoms with E-state index in [0.717, 1.165) is 18.5 Å². The van der Waals surface area contributed by atoms with Gasteiger partial charge >= 0.3 is 5.63 Å². The summed E-state index contributed by atoms with van der Waals surface area (Å²) in [7, 11) is 1.54. The number of nitrogens with one attached hydrogen (secondary N) is 1. The van der Waals surface area contributed by atoms with Crippen LogP contribution in [0.3, 0.4) is 0 Å². The molecular formula is C25H24N2O5. The van der Waals surface area contributed by atoms with Gasteiger partial charge < -0.3 is 19.4 Å². The molecule has 7 heteroatoms. The van der Waals surface area contributed by atoms with Crippen LogP contribution in [0.25, 0.3) is 11.0 Å². The highest BCUT2D eigenvalue weighted by molar-refractivity contribution is 6.05. The molecule has 0 bridgehead atoms. The molecule has 1 N–H and O–H groups in total. The fourth-order valence-corrected chi connectivity index (χ4v) is 3.89. The molecule has 0 spiro atoms. The van der Waals surface area contributed by atoms with Gasteiger partial charge in [0.25, 0.3) is 5.91 Å². The van der Waals surface area contributed by atoms with Gasteiger partial charge in [-0.05, 0) is 48.7 Å². The van der Waals surface area contributed by atoms with Crippen LogP contribution in [0.4, 0.5) is 5.69 Å². The summed E-state index contributed by atoms with van der Waals surface area (Å²) in [6, 6.07) is 12.3. The van der Waals surface area contributed by atoms with Gasteiger partial charge in [-0.25, -0.2) is 4.79 Å². The summed E-state index contributed by atoms with van der Waals surface area (Å²) in [5.41, 5.74) is 1.81. The number of anilines is 1. The van der Waals surface area contributed by atoms with Crippen molar-refractivity contribution in [2.75, 3.05) is 19.0 Å². The molecule has 0 saturated carbocycles. The van der Waals surface area contributed by atoms with Gasteiger partial charge in [0, 0.05) is 36.1 Å². The molecule has 3 aromatic rings. The molecule has 1 aliphatic heterocycles. The molecule has 2 amide bonds. The number of fused-ring (bicyclic) bond motifs is 1. The van der Waals surface area contributed by atoms with Crippen molar-refractivity contribution in [3.8, 4) is 5.75 Å². The molecule has 2 aromatic carbocycles. The topological polar surface area (TPSA) is 88.9 Å². The van der Waals surface area contributed by atoms with Crippen molar-refractivity contribution in [1.29, 1.82) is 0 Å². The summed E-state index contributed by atoms with van der Waals surface area (Å²) >= 11 is 0. The lowest BCUT2D eigenvalue weighted by molar-refractivity contribution is -0.128. The Balaban J connectivity index is 1.54. The number of ether oxygens (including phenoxy) is 1. The van der Waals surface area contributed by atoms with Gasteiger partial charge in [-0.3, -0.25) is 9.59 Å². The van der Waals surface area contributed by atoms with Gasteiger partial charge in [-0.15, -0.1) is 6.58 Å². The first-order valence-electron chi connectivity index (χ1n) is 10.4. The highest BCUT2D eigenvalue weighted by Crippen LogP contribution is 2.28. The van der Waals surface area contributed by atoms with Gasteiger partial charge in [-0.2, -0.15) is 0 Å². The second-order valence-corrected chi connectivity index (χ2v) is 7.67. The molecule has 0 unspecified atom stereocenters. The third kappa shape index (κ3) is 4.27. The quantitative estimate of drug-likeness (QED) is 0.452. The Morgan fingerprint density at radius 3 is 2.66 bits per heavy atom. The number of carbonyl (C=O) groups is 2. The second kappa shape index (κ2) is 9.09. The molecule has 7 nitrogen and oxygen atoms in total. The van der Waals surface area contributed by atoms with Crippen LogP contribution in [0.2, 0.25) is 0 Å². The maximum Gasteiger partial charge on any atom is 0.349 e. The van der Waals surface area contributed by atoms with E-state index in [1.54, 1.807) is 37.5 Å². The number of benzene rings is 2. The number of allylic oxidation sites excluding steroid dienone is 1. The van der Waals surface area contributed by atoms with Gasteiger partial charge in [0.1, 0.15) is 16.9 Å². The zero-order valence-electron chi connectivity index (χ0n) is 17.8. The van der Waals surface area contributed by atoms with E-state index in [-0.39, 0.29) is 11.5 Å². The van der Waals surface area contributed by atoms with Crippen LogP contribution in [0.5, 0.6) is 5.75 Å². The molecule has 1 saturated heterocycles. The molecule has 0 atom stereocenters. The lowest BCUT2D eigenvalue weighted by Crippen LogP contribution is -2.23. The Kier molecular flexibility index (Phi) is 6.07. The van der Waals surface area contributed by atoms with E-state index in [1.165, 1.54) is 6.07 Å². The Morgan fingerprint density at radius 2 is 2.00 bits per heavy atom. The first kappa shape index (κ1) is 21.4. The van der Waals surface area contributed by atoms with E-state index >= 15 is 0 Å². The van der Waals surface area contributed by atoms with E-state index in [9.17, 15) is 14.4 Å². The number of rotatable bonds is 7. The van der Waals surface area contributed by atoms with Crippen molar-refractivity contribution in [3.05, 3.63) is 82.2 Å². The average Bonchev–Trinajstić information content (AvgIpc) is 3.19. The largest absolute Gasteiger partial charge is 0.496 e. The fraction of sp³-hybridized carbons (Fsp3) is 0.240. The molecule has 1 aliphatic rings. The van der Waals surface area contributed by atoms with E-state index in [4.69, 9.17) is 9.15 Å². The molecule has 32 heavy (non-hydrogen) atoms. The lowest BCUT2D eigenvalue weighted by atomic mass is 10.1. The van der Waals surface area contributed by atoms with Crippen molar-refractivity contribution in [2.45, 2.75) is 25.8 Å². The highest BCUT2D eigenvalue weighted by Gasteiger charge is 2.20. The van der Waals surface area contributed by atoms with Crippen LogP contribution in [0.15, 0.2) is 64.3 Å². The van der Waals surface area contributed by atoms with Crippen LogP contribution in [-0.4, -0.2) is 30.4 Å². The Labute approximate surface area is 185 Å². The Bertz CT molecular complexity index is 1240. The minimum absolute atomic E-state index is 0.0843. The molecule has 0 aliphatic carbocycles. The summed E-state index contributed by atoms with van der Waals surface area (Å²) in [6.07, 6.45) is 3.65. The van der Waals surface area contributed by atoms with Crippen LogP contribution >= 0.6 is 0 Å². The highest BCUT2D eigenvalue weighted by atomic mass is 16.5. The summed E-state index contributed by atoms with van der Waals surface area (Å²) in [6.45, 7) is 5.06. The Hall–Kier alpha value is -3.87. The second-order valence-electron chi connectivity index (χ2n) is 7.67. The fourth-order valence-electron chi connectivity index (χ4n) is 3.89. The maximum atomic E-state index is 12.8. The number of hydrogen-bond donors (Lipinski definition) is 1. The lowest BCUT2D eigenvalue weighted by Gasteiger charge is -2.15. The molecule has 1 fully saturated rings. The first-order chi connectivity index (χ1) is 15.5. The van der Waals surface area contributed by atoms with Gasteiger partial charge in [-0.1, -0.05) is 18.2 Å². The number of hydrogen-bond acceptors (Lipinski definition) is 5. The summed E-state index contributed by atoms with van der Waals surface area (Å²) in [4.78, 5) is 38.9. The van der Waals surface area contributed by atoms with E-state index in [0.29, 0.717) is 47.4 Å². The molecule has 164 valence electrons. The number of methoxy groups -OCH3 is 1. The van der Waals surface area contributed by atoms with Crippen LogP contribution < -0.4 is 15.7 Å². The van der Waals surface area contributed by atoms with Crippen LogP contribution in [0.1, 0.15) is 34.3 Å². The number of likely N-dealkylation sites (tertiary alicyclic amines) is 1. The normalized spacial score (nSPS) is 13.4. The molecule has 1 aromatic heterocycles. The maximum absolute atomic E-state index is 12.8. The molecule has 2 heterocycles. The van der Waals surface area contributed by atoms with Crippen molar-refractivity contribution in [1.82, 2.24) is 4.90 Å². The predicted molar refractivity (Wildman–Crippen MR) is 122 cm³/mol. The number of carbonyl (C=O) groups excluding carboxylic acids is 2. The van der Waals surface area contributed by atoms with Crippen molar-refractivity contribution in [2.24, 2.45) is 0 Å². The monoisotopic (exact) mass is 432 g/mol. The van der Waals surface area contributed by atoms with E-state index < -0.39 is 11.5 Å². The van der Waals surface area contributed by atoms with Crippen LogP contribution in [-0.2, 0) is 17.8 Å². The summed E-state index contributed by atoms with van der Waals surface area (Å²) in [5, 5.41) is 3.36. The predicted octanol–water partition coefficient (Wildman–Crippen LogP) is 3.90. The average molecular weight is 432 g/mol. The van der Waals surface area contributed by atoms with Gasteiger partial charge in [0.15, 0.2) is 0 Å². The van der Waals surface area contributed by atoms with Gasteiger partial charge in [0.2, 0.25) is 5.91 Å². The van der Waals surface area contributed by atoms with Gasteiger partial charge in [0.05, 0.1) is 7.11 Å². The van der Waals surface area contributed by atoms with Crippen molar-refractivity contribution in [3.63, 3.8) is 0 Å². The standard InChI is InChI=1S/C25H24N2O5/c1-3-5-19-21(31-2)12-9-17-14-20(25(30)32-23(17)19)24(29)26-18-10-7-16(8-11-18)15-27-13-4-6-22(27)28/h3,7-12,14H,1,4-6,13,15H2,2H3,(H,26,29). The van der Waals surface area contributed by atoms with Crippen molar-refractivity contribution < 1.29 is 18.7 Å². The zero-order valence-corrected chi connectivity index (χ0v) is 17.8. The minimum Gasteiger partial charge on any atom is -0.496 e. The third-order valence-corrected chi connectivity index (χ3v) is 5.53. The first-order valence-corrected chi connectivity index (χ1v) is 10.4. The zero-order chi connectivity index (χ0) is 22.7. The smallest absolute Gasteiger partial charge is 0.349 e. The third-order valence-electron chi connectivity index (χ3n) is 5.53. The molecular weight excluding hydrogens is 408 g/mol. The summed E-state index contributed by atoms with van der Waals surface area (Å²) in [5.74, 6) is 0.206. The molecule has 4 rings (SSSR count). The SMILES string of the molecule is C=CCc1c(OC)ccc2cc(C(=O)Nc3ccc(CN4CCCC4=O)cc3)c(=O)oc12. The number of amides is 2. The number of nitrogens with zero attached hydrogens (tertiary/aromatic N) is 1. The van der Waals surface area contributed by atoms with Crippen molar-refractivity contribution >= 4 is 28.5 Å². The van der Waals surface area contributed by atoms with E-state index in [2.05, 4.69) is 11.9 Å². The summed E-state index contributed by atoms with van der Waals surface area (Å²) < 4.78 is 10.8.